The van der Waals surface area contributed by atoms with Crippen molar-refractivity contribution in [1.82, 2.24) is 0 Å². The fourth-order valence-electron chi connectivity index (χ4n) is 1.86. The molecule has 0 saturated carbocycles. The largest absolute Gasteiger partial charge is 0.779 e. The molecule has 1 aliphatic rings. The molecule has 0 aromatic rings. The predicted molar refractivity (Wildman–Crippen MR) is 66.3 cm³/mol. The zero-order valence-corrected chi connectivity index (χ0v) is 12.2. The van der Waals surface area contributed by atoms with E-state index in [4.69, 9.17) is 31.3 Å². The summed E-state index contributed by atoms with van der Waals surface area (Å²) in [4.78, 5) is 11.3. The van der Waals surface area contributed by atoms with Gasteiger partial charge in [0, 0.05) is 26.9 Å². The van der Waals surface area contributed by atoms with E-state index in [0.717, 1.165) is 6.66 Å². The van der Waals surface area contributed by atoms with Gasteiger partial charge in [0.05, 0.1) is 19.8 Å². The third-order valence-electron chi connectivity index (χ3n) is 2.59. The summed E-state index contributed by atoms with van der Waals surface area (Å²) in [6.07, 6.45) is -2.09. The number of methoxy groups -OCH3 is 2. The Labute approximate surface area is 114 Å². The van der Waals surface area contributed by atoms with E-state index in [9.17, 15) is 9.46 Å². The highest BCUT2D eigenvalue weighted by Crippen LogP contribution is 2.39. The molecule has 2 radical (unpaired) electrons. The molecule has 1 fully saturated rings. The minimum atomic E-state index is -3.93. The van der Waals surface area contributed by atoms with Gasteiger partial charge in [-0.25, -0.2) is 0 Å². The highest BCUT2D eigenvalue weighted by molar-refractivity contribution is 7.50. The Bertz CT molecular complexity index is 310. The molecule has 1 unspecified atom stereocenters. The van der Waals surface area contributed by atoms with E-state index in [1.807, 2.05) is 0 Å². The molecule has 0 aliphatic carbocycles. The zero-order valence-electron chi connectivity index (χ0n) is 11.3. The molecule has 110 valence electrons. The van der Waals surface area contributed by atoms with Gasteiger partial charge in [0.15, 0.2) is 0 Å². The number of rotatable bonds is 8. The van der Waals surface area contributed by atoms with Gasteiger partial charge in [0.25, 0.3) is 0 Å². The average Bonchev–Trinajstić information content (AvgIpc) is 2.56. The lowest BCUT2D eigenvalue weighted by Crippen LogP contribution is -2.39. The molecule has 0 bridgehead atoms. The van der Waals surface area contributed by atoms with Crippen molar-refractivity contribution in [2.45, 2.75) is 24.3 Å². The van der Waals surface area contributed by atoms with Gasteiger partial charge in [-0.1, -0.05) is 0 Å². The Morgan fingerprint density at radius 3 is 2.47 bits per heavy atom. The molecule has 9 heteroatoms. The van der Waals surface area contributed by atoms with Crippen molar-refractivity contribution in [3.63, 3.8) is 0 Å². The van der Waals surface area contributed by atoms with Gasteiger partial charge in [0.2, 0.25) is 0 Å². The maximum atomic E-state index is 11.3. The molecule has 0 aromatic carbocycles. The highest BCUT2D eigenvalue weighted by atomic mass is 31.2. The normalized spacial score (nSPS) is 34.3. The molecule has 0 amide bonds. The van der Waals surface area contributed by atoms with Crippen LogP contribution in [0.15, 0.2) is 0 Å². The Hall–Kier alpha value is 0.0549. The summed E-state index contributed by atoms with van der Waals surface area (Å²) in [6, 6.07) is -0.770. The van der Waals surface area contributed by atoms with E-state index in [0.29, 0.717) is 6.61 Å². The summed E-state index contributed by atoms with van der Waals surface area (Å²) in [5.41, 5.74) is 0. The van der Waals surface area contributed by atoms with Crippen molar-refractivity contribution in [3.8, 4) is 0 Å². The second-order valence-corrected chi connectivity index (χ2v) is 6.02. The smallest absolute Gasteiger partial charge is 0.132 e. The summed E-state index contributed by atoms with van der Waals surface area (Å²) in [5.74, 6) is 0. The average molecular weight is 293 g/mol. The highest BCUT2D eigenvalue weighted by Gasteiger charge is 2.44. The molecule has 1 rings (SSSR count). The van der Waals surface area contributed by atoms with Crippen LogP contribution in [0, 0.1) is 0 Å². The number of hydrogen-bond donors (Lipinski definition) is 0. The molecule has 0 spiro atoms. The molecule has 19 heavy (non-hydrogen) atoms. The van der Waals surface area contributed by atoms with Gasteiger partial charge >= 0.3 is 0 Å². The van der Waals surface area contributed by atoms with Gasteiger partial charge in [0.1, 0.15) is 33.8 Å². The summed E-state index contributed by atoms with van der Waals surface area (Å²) in [6.45, 7) is 1.80. The lowest BCUT2D eigenvalue weighted by atomic mass is 9.93. The van der Waals surface area contributed by atoms with Crippen LogP contribution in [0.4, 0.5) is 0 Å². The van der Waals surface area contributed by atoms with E-state index in [1.54, 1.807) is 0 Å². The lowest BCUT2D eigenvalue weighted by Gasteiger charge is -2.29. The Kier molecular flexibility index (Phi) is 6.97. The molecule has 1 saturated heterocycles. The van der Waals surface area contributed by atoms with Gasteiger partial charge in [-0.2, -0.15) is 0 Å². The third kappa shape index (κ3) is 5.51. The van der Waals surface area contributed by atoms with Crippen molar-refractivity contribution < 1.29 is 32.9 Å². The quantitative estimate of drug-likeness (QED) is 0.326. The van der Waals surface area contributed by atoms with Crippen LogP contribution in [0.1, 0.15) is 0 Å². The van der Waals surface area contributed by atoms with E-state index < -0.39 is 31.9 Å². The lowest BCUT2D eigenvalue weighted by molar-refractivity contribution is -0.205. The van der Waals surface area contributed by atoms with Crippen molar-refractivity contribution in [1.29, 1.82) is 0 Å². The molecule has 5 atom stereocenters. The van der Waals surface area contributed by atoms with Gasteiger partial charge in [-0.15, -0.1) is 0 Å². The predicted octanol–water partition coefficient (Wildman–Crippen LogP) is -0.874. The van der Waals surface area contributed by atoms with Crippen molar-refractivity contribution in [3.05, 3.63) is 0 Å². The van der Waals surface area contributed by atoms with Crippen molar-refractivity contribution >= 4 is 15.4 Å². The molecular weight excluding hydrogens is 274 g/mol. The minimum absolute atomic E-state index is 0.169. The molecule has 0 aromatic heterocycles. The molecule has 1 aliphatic heterocycles. The Morgan fingerprint density at radius 1 is 1.26 bits per heavy atom. The standard InChI is InChI=1S/C10H20BO7P/c1-14-4-5-16-9-8(18-19(3,12)13)7(6-15-2)17-10(9)11/h7-10H,4-6H2,1-3H3,(H,12,13)/p-1/t7-,8-,9-,10-/m1/s1. The van der Waals surface area contributed by atoms with Crippen LogP contribution in [0.2, 0.25) is 0 Å². The topological polar surface area (TPSA) is 86.3 Å². The first-order valence-corrected chi connectivity index (χ1v) is 7.85. The zero-order chi connectivity index (χ0) is 14.5. The minimum Gasteiger partial charge on any atom is -0.779 e. The Morgan fingerprint density at radius 2 is 1.95 bits per heavy atom. The SMILES string of the molecule is [B][C@@H]1O[C@H](COC)[C@@H](OP(C)(=O)[O-])[C@H]1OCCOC. The fraction of sp³-hybridized carbons (Fsp3) is 1.00. The summed E-state index contributed by atoms with van der Waals surface area (Å²) in [7, 11) is 4.86. The summed E-state index contributed by atoms with van der Waals surface area (Å²) < 4.78 is 37.0. The van der Waals surface area contributed by atoms with Crippen LogP contribution >= 0.6 is 7.60 Å². The van der Waals surface area contributed by atoms with Crippen LogP contribution < -0.4 is 4.89 Å². The number of hydrogen-bond acceptors (Lipinski definition) is 7. The van der Waals surface area contributed by atoms with Crippen molar-refractivity contribution in [2.24, 2.45) is 0 Å². The monoisotopic (exact) mass is 293 g/mol. The third-order valence-corrected chi connectivity index (χ3v) is 3.21. The van der Waals surface area contributed by atoms with Crippen LogP contribution in [-0.2, 0) is 28.0 Å². The Balaban J connectivity index is 2.70. The van der Waals surface area contributed by atoms with Gasteiger partial charge in [-0.05, 0) is 0 Å². The van der Waals surface area contributed by atoms with E-state index in [2.05, 4.69) is 0 Å². The van der Waals surface area contributed by atoms with E-state index in [1.165, 1.54) is 14.2 Å². The van der Waals surface area contributed by atoms with Crippen LogP contribution in [0.5, 0.6) is 0 Å². The first-order chi connectivity index (χ1) is 8.89. The van der Waals surface area contributed by atoms with Crippen LogP contribution in [0.25, 0.3) is 0 Å². The fourth-order valence-corrected chi connectivity index (χ4v) is 2.56. The van der Waals surface area contributed by atoms with E-state index >= 15 is 0 Å². The first kappa shape index (κ1) is 17.1. The van der Waals surface area contributed by atoms with Gasteiger partial charge < -0.3 is 32.9 Å². The van der Waals surface area contributed by atoms with Gasteiger partial charge in [-0.3, -0.25) is 0 Å². The first-order valence-electron chi connectivity index (χ1n) is 5.86. The summed E-state index contributed by atoms with van der Waals surface area (Å²) in [5, 5.41) is 0. The second kappa shape index (κ2) is 7.74. The van der Waals surface area contributed by atoms with Crippen molar-refractivity contribution in [2.75, 3.05) is 40.7 Å². The molecular formula is C10H19BO7P-. The molecule has 0 N–H and O–H groups in total. The maximum absolute atomic E-state index is 11.3. The summed E-state index contributed by atoms with van der Waals surface area (Å²) >= 11 is 0. The maximum Gasteiger partial charge on any atom is 0.132 e. The van der Waals surface area contributed by atoms with Crippen LogP contribution in [0.3, 0.4) is 0 Å². The number of ether oxygens (including phenoxy) is 4. The molecule has 1 heterocycles. The second-order valence-electron chi connectivity index (χ2n) is 4.26. The van der Waals surface area contributed by atoms with E-state index in [-0.39, 0.29) is 13.2 Å². The van der Waals surface area contributed by atoms with Crippen LogP contribution in [-0.4, -0.2) is 72.9 Å². The molecule has 7 nitrogen and oxygen atoms in total.